The summed E-state index contributed by atoms with van der Waals surface area (Å²) in [6.07, 6.45) is 0.383. The van der Waals surface area contributed by atoms with E-state index in [1.54, 1.807) is 18.2 Å². The van der Waals surface area contributed by atoms with Crippen molar-refractivity contribution in [2.45, 2.75) is 32.7 Å². The maximum absolute atomic E-state index is 13.6. The van der Waals surface area contributed by atoms with Gasteiger partial charge in [0.15, 0.2) is 0 Å². The molecule has 1 atom stereocenters. The molecule has 1 aromatic rings. The first kappa shape index (κ1) is 16.1. The van der Waals surface area contributed by atoms with Crippen molar-refractivity contribution in [3.8, 4) is 0 Å². The van der Waals surface area contributed by atoms with Crippen LogP contribution in [0.15, 0.2) is 24.3 Å². The van der Waals surface area contributed by atoms with E-state index in [-0.39, 0.29) is 18.2 Å². The van der Waals surface area contributed by atoms with E-state index in [1.807, 2.05) is 13.8 Å². The summed E-state index contributed by atoms with van der Waals surface area (Å²) in [6, 6.07) is 5.29. The Kier molecular flexibility index (Phi) is 6.15. The van der Waals surface area contributed by atoms with Gasteiger partial charge in [-0.25, -0.2) is 9.18 Å². The van der Waals surface area contributed by atoms with Gasteiger partial charge in [-0.05, 0) is 17.5 Å². The molecule has 0 heterocycles. The molecule has 0 fully saturated rings. The van der Waals surface area contributed by atoms with Gasteiger partial charge in [0.05, 0.1) is 7.11 Å². The number of methoxy groups -OCH3 is 1. The molecular weight excluding hydrogens is 261 g/mol. The Bertz CT molecular complexity index is 474. The minimum atomic E-state index is -0.872. The SMILES string of the molecule is COC(=O)[C@H](Cc1ccccc1F)NC(=O)CC(C)C. The van der Waals surface area contributed by atoms with Crippen LogP contribution < -0.4 is 5.32 Å². The summed E-state index contributed by atoms with van der Waals surface area (Å²) in [5.74, 6) is -1.04. The summed E-state index contributed by atoms with van der Waals surface area (Å²) in [4.78, 5) is 23.4. The van der Waals surface area contributed by atoms with Gasteiger partial charge in [0.1, 0.15) is 11.9 Å². The van der Waals surface area contributed by atoms with Gasteiger partial charge in [-0.3, -0.25) is 4.79 Å². The second-order valence-electron chi connectivity index (χ2n) is 5.04. The highest BCUT2D eigenvalue weighted by Gasteiger charge is 2.23. The topological polar surface area (TPSA) is 55.4 Å². The molecular formula is C15H20FNO3. The second kappa shape index (κ2) is 7.62. The third kappa shape index (κ3) is 4.99. The predicted octanol–water partition coefficient (Wildman–Crippen LogP) is 2.07. The molecule has 0 aliphatic heterocycles. The Labute approximate surface area is 118 Å². The van der Waals surface area contributed by atoms with E-state index in [2.05, 4.69) is 10.1 Å². The van der Waals surface area contributed by atoms with Crippen molar-refractivity contribution >= 4 is 11.9 Å². The fraction of sp³-hybridized carbons (Fsp3) is 0.467. The number of carbonyl (C=O) groups excluding carboxylic acids is 2. The van der Waals surface area contributed by atoms with Crippen molar-refractivity contribution in [3.05, 3.63) is 35.6 Å². The molecule has 1 aromatic carbocycles. The molecule has 5 heteroatoms. The number of hydrogen-bond acceptors (Lipinski definition) is 3. The van der Waals surface area contributed by atoms with Gasteiger partial charge >= 0.3 is 5.97 Å². The number of esters is 1. The van der Waals surface area contributed by atoms with Crippen LogP contribution >= 0.6 is 0 Å². The molecule has 1 N–H and O–H groups in total. The van der Waals surface area contributed by atoms with Gasteiger partial charge in [0.2, 0.25) is 5.91 Å². The zero-order chi connectivity index (χ0) is 15.1. The van der Waals surface area contributed by atoms with Crippen LogP contribution in [0, 0.1) is 11.7 Å². The lowest BCUT2D eigenvalue weighted by Crippen LogP contribution is -2.43. The van der Waals surface area contributed by atoms with E-state index in [4.69, 9.17) is 0 Å². The maximum atomic E-state index is 13.6. The minimum Gasteiger partial charge on any atom is -0.467 e. The number of nitrogens with one attached hydrogen (secondary N) is 1. The molecule has 20 heavy (non-hydrogen) atoms. The van der Waals surface area contributed by atoms with Crippen molar-refractivity contribution < 1.29 is 18.7 Å². The monoisotopic (exact) mass is 281 g/mol. The van der Waals surface area contributed by atoms with Crippen molar-refractivity contribution in [3.63, 3.8) is 0 Å². The summed E-state index contributed by atoms with van der Waals surface area (Å²) in [5.41, 5.74) is 0.368. The van der Waals surface area contributed by atoms with Crippen LogP contribution in [0.1, 0.15) is 25.8 Å². The molecule has 110 valence electrons. The maximum Gasteiger partial charge on any atom is 0.328 e. The third-order valence-corrected chi connectivity index (χ3v) is 2.80. The first-order chi connectivity index (χ1) is 9.43. The number of rotatable bonds is 6. The predicted molar refractivity (Wildman–Crippen MR) is 73.5 cm³/mol. The summed E-state index contributed by atoms with van der Waals surface area (Å²) >= 11 is 0. The third-order valence-electron chi connectivity index (χ3n) is 2.80. The number of ether oxygens (including phenoxy) is 1. The molecule has 1 rings (SSSR count). The quantitative estimate of drug-likeness (QED) is 0.812. The number of carbonyl (C=O) groups is 2. The number of hydrogen-bond donors (Lipinski definition) is 1. The van der Waals surface area contributed by atoms with Crippen LogP contribution in [0.5, 0.6) is 0 Å². The van der Waals surface area contributed by atoms with Crippen LogP contribution in [0.4, 0.5) is 4.39 Å². The molecule has 0 radical (unpaired) electrons. The summed E-state index contributed by atoms with van der Waals surface area (Å²) in [7, 11) is 1.24. The number of benzene rings is 1. The second-order valence-corrected chi connectivity index (χ2v) is 5.04. The molecule has 4 nitrogen and oxygen atoms in total. The van der Waals surface area contributed by atoms with Crippen molar-refractivity contribution in [2.75, 3.05) is 7.11 Å². The zero-order valence-corrected chi connectivity index (χ0v) is 12.0. The van der Waals surface area contributed by atoms with Crippen LogP contribution in [-0.4, -0.2) is 25.0 Å². The number of amides is 1. The Morgan fingerprint density at radius 1 is 1.30 bits per heavy atom. The van der Waals surface area contributed by atoms with Crippen molar-refractivity contribution in [2.24, 2.45) is 5.92 Å². The highest BCUT2D eigenvalue weighted by atomic mass is 19.1. The van der Waals surface area contributed by atoms with E-state index < -0.39 is 17.8 Å². The average Bonchev–Trinajstić information content (AvgIpc) is 2.38. The van der Waals surface area contributed by atoms with Gasteiger partial charge in [-0.2, -0.15) is 0 Å². The first-order valence-corrected chi connectivity index (χ1v) is 6.54. The van der Waals surface area contributed by atoms with E-state index in [0.29, 0.717) is 12.0 Å². The Balaban J connectivity index is 2.78. The van der Waals surface area contributed by atoms with E-state index >= 15 is 0 Å². The van der Waals surface area contributed by atoms with E-state index in [9.17, 15) is 14.0 Å². The summed E-state index contributed by atoms with van der Waals surface area (Å²) in [6.45, 7) is 3.81. The molecule has 0 spiro atoms. The summed E-state index contributed by atoms with van der Waals surface area (Å²) < 4.78 is 18.3. The van der Waals surface area contributed by atoms with Gasteiger partial charge in [0.25, 0.3) is 0 Å². The smallest absolute Gasteiger partial charge is 0.328 e. The van der Waals surface area contributed by atoms with E-state index in [0.717, 1.165) is 0 Å². The highest BCUT2D eigenvalue weighted by Crippen LogP contribution is 2.10. The minimum absolute atomic E-state index is 0.0726. The lowest BCUT2D eigenvalue weighted by molar-refractivity contribution is -0.145. The van der Waals surface area contributed by atoms with Gasteiger partial charge in [-0.1, -0.05) is 32.0 Å². The highest BCUT2D eigenvalue weighted by molar-refractivity contribution is 5.84. The fourth-order valence-corrected chi connectivity index (χ4v) is 1.84. The van der Waals surface area contributed by atoms with Crippen LogP contribution in [-0.2, 0) is 20.7 Å². The molecule has 1 amide bonds. The molecule has 0 saturated heterocycles. The lowest BCUT2D eigenvalue weighted by Gasteiger charge is -2.17. The van der Waals surface area contributed by atoms with Gasteiger partial charge < -0.3 is 10.1 Å². The van der Waals surface area contributed by atoms with Crippen LogP contribution in [0.2, 0.25) is 0 Å². The fourth-order valence-electron chi connectivity index (χ4n) is 1.84. The average molecular weight is 281 g/mol. The normalized spacial score (nSPS) is 12.1. The molecule has 0 unspecified atom stereocenters. The number of halogens is 1. The Morgan fingerprint density at radius 3 is 2.50 bits per heavy atom. The Morgan fingerprint density at radius 2 is 1.95 bits per heavy atom. The van der Waals surface area contributed by atoms with Gasteiger partial charge in [-0.15, -0.1) is 0 Å². The summed E-state index contributed by atoms with van der Waals surface area (Å²) in [5, 5.41) is 2.59. The van der Waals surface area contributed by atoms with Crippen molar-refractivity contribution in [1.29, 1.82) is 0 Å². The lowest BCUT2D eigenvalue weighted by atomic mass is 10.0. The Hall–Kier alpha value is -1.91. The molecule has 0 aliphatic carbocycles. The van der Waals surface area contributed by atoms with E-state index in [1.165, 1.54) is 13.2 Å². The molecule has 0 aliphatic rings. The van der Waals surface area contributed by atoms with Crippen LogP contribution in [0.25, 0.3) is 0 Å². The van der Waals surface area contributed by atoms with Crippen molar-refractivity contribution in [1.82, 2.24) is 5.32 Å². The molecule has 0 bridgehead atoms. The standard InChI is InChI=1S/C15H20FNO3/c1-10(2)8-14(18)17-13(15(19)20-3)9-11-6-4-5-7-12(11)16/h4-7,10,13H,8-9H2,1-3H3,(H,17,18)/t13-/m0/s1. The first-order valence-electron chi connectivity index (χ1n) is 6.54. The zero-order valence-electron chi connectivity index (χ0n) is 12.0. The largest absolute Gasteiger partial charge is 0.467 e. The van der Waals surface area contributed by atoms with Crippen LogP contribution in [0.3, 0.4) is 0 Å². The van der Waals surface area contributed by atoms with Gasteiger partial charge in [0, 0.05) is 12.8 Å². The molecule has 0 saturated carbocycles. The molecule has 0 aromatic heterocycles.